The monoisotopic (exact) mass is 304 g/mol. The van der Waals surface area contributed by atoms with Gasteiger partial charge in [0, 0.05) is 31.4 Å². The summed E-state index contributed by atoms with van der Waals surface area (Å²) in [5.74, 6) is 2.04. The highest BCUT2D eigenvalue weighted by Crippen LogP contribution is 2.27. The standard InChI is InChI=1S/C17H28N4O/c1-2-22-16-8-10-18-17(20-16)19-12-14-9-11-21(13-14)15-6-4-3-5-7-15/h8,10,14-15H,2-7,9,11-13H2,1H3,(H,18,19,20)/t14-/m0/s1. The molecule has 22 heavy (non-hydrogen) atoms. The summed E-state index contributed by atoms with van der Waals surface area (Å²) in [7, 11) is 0. The van der Waals surface area contributed by atoms with Gasteiger partial charge in [-0.15, -0.1) is 0 Å². The van der Waals surface area contributed by atoms with Crippen LogP contribution >= 0.6 is 0 Å². The van der Waals surface area contributed by atoms with E-state index in [-0.39, 0.29) is 0 Å². The molecule has 0 aromatic carbocycles. The molecule has 0 radical (unpaired) electrons. The Kier molecular flexibility index (Phi) is 5.48. The van der Waals surface area contributed by atoms with Crippen molar-refractivity contribution in [2.45, 2.75) is 51.5 Å². The Morgan fingerprint density at radius 1 is 1.27 bits per heavy atom. The number of hydrogen-bond acceptors (Lipinski definition) is 5. The summed E-state index contributed by atoms with van der Waals surface area (Å²) in [6.07, 6.45) is 10.1. The summed E-state index contributed by atoms with van der Waals surface area (Å²) in [6, 6.07) is 2.64. The highest BCUT2D eigenvalue weighted by Gasteiger charge is 2.28. The minimum atomic E-state index is 0.634. The maximum absolute atomic E-state index is 5.42. The van der Waals surface area contributed by atoms with Gasteiger partial charge in [-0.25, -0.2) is 4.98 Å². The van der Waals surface area contributed by atoms with Crippen LogP contribution in [0.15, 0.2) is 12.3 Å². The van der Waals surface area contributed by atoms with Crippen LogP contribution in [0.4, 0.5) is 5.95 Å². The van der Waals surface area contributed by atoms with Crippen molar-refractivity contribution in [3.8, 4) is 5.88 Å². The lowest BCUT2D eigenvalue weighted by Gasteiger charge is -2.31. The second kappa shape index (κ2) is 7.77. The Bertz CT molecular complexity index is 462. The van der Waals surface area contributed by atoms with E-state index in [0.717, 1.165) is 12.6 Å². The van der Waals surface area contributed by atoms with Gasteiger partial charge in [0.05, 0.1) is 6.61 Å². The Morgan fingerprint density at radius 3 is 2.95 bits per heavy atom. The summed E-state index contributed by atoms with van der Waals surface area (Å²) < 4.78 is 5.42. The molecular weight excluding hydrogens is 276 g/mol. The van der Waals surface area contributed by atoms with E-state index in [1.54, 1.807) is 12.3 Å². The van der Waals surface area contributed by atoms with Gasteiger partial charge in [0.15, 0.2) is 0 Å². The molecule has 2 heterocycles. The van der Waals surface area contributed by atoms with Gasteiger partial charge in [-0.05, 0) is 38.6 Å². The molecule has 1 aromatic heterocycles. The predicted molar refractivity (Wildman–Crippen MR) is 88.2 cm³/mol. The van der Waals surface area contributed by atoms with Gasteiger partial charge in [-0.1, -0.05) is 19.3 Å². The fraction of sp³-hybridized carbons (Fsp3) is 0.765. The van der Waals surface area contributed by atoms with E-state index in [0.29, 0.717) is 24.4 Å². The van der Waals surface area contributed by atoms with E-state index in [4.69, 9.17) is 4.74 Å². The smallest absolute Gasteiger partial charge is 0.225 e. The number of likely N-dealkylation sites (tertiary alicyclic amines) is 1. The molecular formula is C17H28N4O. The molecule has 1 N–H and O–H groups in total. The lowest BCUT2D eigenvalue weighted by Crippen LogP contribution is -2.35. The number of nitrogens with one attached hydrogen (secondary N) is 1. The number of anilines is 1. The molecule has 1 saturated carbocycles. The fourth-order valence-electron chi connectivity index (χ4n) is 3.70. The maximum Gasteiger partial charge on any atom is 0.225 e. The van der Waals surface area contributed by atoms with E-state index < -0.39 is 0 Å². The molecule has 0 bridgehead atoms. The molecule has 2 aliphatic rings. The van der Waals surface area contributed by atoms with Gasteiger partial charge in [0.1, 0.15) is 0 Å². The Balaban J connectivity index is 1.45. The molecule has 1 saturated heterocycles. The minimum absolute atomic E-state index is 0.634. The zero-order valence-corrected chi connectivity index (χ0v) is 13.6. The molecule has 1 aromatic rings. The molecule has 0 unspecified atom stereocenters. The summed E-state index contributed by atoms with van der Waals surface area (Å²) >= 11 is 0. The zero-order valence-electron chi connectivity index (χ0n) is 13.6. The average Bonchev–Trinajstić information content (AvgIpc) is 3.04. The van der Waals surface area contributed by atoms with Crippen molar-refractivity contribution in [3.63, 3.8) is 0 Å². The van der Waals surface area contributed by atoms with Crippen molar-refractivity contribution in [3.05, 3.63) is 12.3 Å². The molecule has 122 valence electrons. The van der Waals surface area contributed by atoms with Crippen LogP contribution in [0.2, 0.25) is 0 Å². The molecule has 1 aliphatic heterocycles. The molecule has 1 aliphatic carbocycles. The Labute approximate surface area is 133 Å². The van der Waals surface area contributed by atoms with E-state index in [2.05, 4.69) is 20.2 Å². The quantitative estimate of drug-likeness (QED) is 0.875. The third kappa shape index (κ3) is 4.09. The summed E-state index contributed by atoms with van der Waals surface area (Å²) in [5, 5.41) is 3.38. The van der Waals surface area contributed by atoms with Crippen molar-refractivity contribution >= 4 is 5.95 Å². The zero-order chi connectivity index (χ0) is 15.2. The lowest BCUT2D eigenvalue weighted by molar-refractivity contribution is 0.186. The van der Waals surface area contributed by atoms with Crippen LogP contribution in [0, 0.1) is 5.92 Å². The molecule has 1 atom stereocenters. The van der Waals surface area contributed by atoms with Crippen LogP contribution in [0.1, 0.15) is 45.4 Å². The number of ether oxygens (including phenoxy) is 1. The Hall–Kier alpha value is -1.36. The van der Waals surface area contributed by atoms with Gasteiger partial charge in [-0.3, -0.25) is 0 Å². The highest BCUT2D eigenvalue weighted by molar-refractivity contribution is 5.27. The Morgan fingerprint density at radius 2 is 2.14 bits per heavy atom. The summed E-state index contributed by atoms with van der Waals surface area (Å²) in [5.41, 5.74) is 0. The molecule has 5 nitrogen and oxygen atoms in total. The molecule has 3 rings (SSSR count). The van der Waals surface area contributed by atoms with Gasteiger partial charge in [0.2, 0.25) is 11.8 Å². The SMILES string of the molecule is CCOc1ccnc(NC[C@@H]2CCN(C3CCCCC3)C2)n1. The van der Waals surface area contributed by atoms with E-state index in [1.807, 2.05) is 6.92 Å². The largest absolute Gasteiger partial charge is 0.478 e. The third-order valence-corrected chi connectivity index (χ3v) is 4.88. The number of hydrogen-bond donors (Lipinski definition) is 1. The number of rotatable bonds is 6. The first-order chi connectivity index (χ1) is 10.8. The first-order valence-electron chi connectivity index (χ1n) is 8.79. The summed E-state index contributed by atoms with van der Waals surface area (Å²) in [6.45, 7) is 6.04. The van der Waals surface area contributed by atoms with Crippen LogP contribution in [0.25, 0.3) is 0 Å². The van der Waals surface area contributed by atoms with Gasteiger partial charge < -0.3 is 15.0 Å². The van der Waals surface area contributed by atoms with Crippen LogP contribution in [-0.2, 0) is 0 Å². The molecule has 0 spiro atoms. The van der Waals surface area contributed by atoms with Crippen molar-refractivity contribution in [1.82, 2.24) is 14.9 Å². The van der Waals surface area contributed by atoms with Crippen molar-refractivity contribution in [2.75, 3.05) is 31.6 Å². The maximum atomic E-state index is 5.42. The summed E-state index contributed by atoms with van der Waals surface area (Å²) in [4.78, 5) is 11.4. The van der Waals surface area contributed by atoms with Gasteiger partial charge >= 0.3 is 0 Å². The predicted octanol–water partition coefficient (Wildman–Crippen LogP) is 2.94. The van der Waals surface area contributed by atoms with Crippen LogP contribution < -0.4 is 10.1 Å². The number of nitrogens with zero attached hydrogens (tertiary/aromatic N) is 3. The minimum Gasteiger partial charge on any atom is -0.478 e. The van der Waals surface area contributed by atoms with E-state index in [1.165, 1.54) is 51.6 Å². The fourth-order valence-corrected chi connectivity index (χ4v) is 3.70. The average molecular weight is 304 g/mol. The van der Waals surface area contributed by atoms with Crippen LogP contribution in [0.3, 0.4) is 0 Å². The second-order valence-corrected chi connectivity index (χ2v) is 6.47. The van der Waals surface area contributed by atoms with Crippen molar-refractivity contribution in [1.29, 1.82) is 0 Å². The van der Waals surface area contributed by atoms with Crippen LogP contribution in [-0.4, -0.2) is 47.2 Å². The molecule has 2 fully saturated rings. The van der Waals surface area contributed by atoms with E-state index >= 15 is 0 Å². The van der Waals surface area contributed by atoms with Crippen molar-refractivity contribution < 1.29 is 4.74 Å². The highest BCUT2D eigenvalue weighted by atomic mass is 16.5. The van der Waals surface area contributed by atoms with Gasteiger partial charge in [-0.2, -0.15) is 4.98 Å². The van der Waals surface area contributed by atoms with E-state index in [9.17, 15) is 0 Å². The molecule has 5 heteroatoms. The topological polar surface area (TPSA) is 50.3 Å². The normalized spacial score (nSPS) is 23.6. The first kappa shape index (κ1) is 15.5. The second-order valence-electron chi connectivity index (χ2n) is 6.47. The van der Waals surface area contributed by atoms with Crippen LogP contribution in [0.5, 0.6) is 5.88 Å². The molecule has 0 amide bonds. The number of aromatic nitrogens is 2. The van der Waals surface area contributed by atoms with Crippen molar-refractivity contribution in [2.24, 2.45) is 5.92 Å². The van der Waals surface area contributed by atoms with Gasteiger partial charge in [0.25, 0.3) is 0 Å². The third-order valence-electron chi connectivity index (χ3n) is 4.88. The lowest BCUT2D eigenvalue weighted by atomic mass is 9.94. The first-order valence-corrected chi connectivity index (χ1v) is 8.79.